The van der Waals surface area contributed by atoms with Crippen molar-refractivity contribution in [2.45, 2.75) is 64.3 Å². The molecule has 5 rings (SSSR count). The van der Waals surface area contributed by atoms with Crippen LogP contribution in [-0.2, 0) is 11.2 Å². The van der Waals surface area contributed by atoms with Gasteiger partial charge in [-0.3, -0.25) is 9.69 Å². The SMILES string of the molecule is CC[C@@H](C)Oc1cc2c(cc1OC)CC(=O)N(c1ccc(C(C)N3CC[C@@H](O)C3)cc1)C2c1ccc(Cl)cc1. The molecule has 1 fully saturated rings. The van der Waals surface area contributed by atoms with E-state index in [0.29, 0.717) is 23.1 Å². The minimum Gasteiger partial charge on any atom is -0.493 e. The molecule has 3 aromatic rings. The number of carbonyl (C=O) groups excluding carboxylic acids is 1. The molecule has 0 spiro atoms. The zero-order valence-electron chi connectivity index (χ0n) is 23.1. The summed E-state index contributed by atoms with van der Waals surface area (Å²) in [5.74, 6) is 1.33. The van der Waals surface area contributed by atoms with Crippen molar-refractivity contribution in [1.29, 1.82) is 0 Å². The summed E-state index contributed by atoms with van der Waals surface area (Å²) in [5.41, 5.74) is 4.91. The summed E-state index contributed by atoms with van der Waals surface area (Å²) in [6.07, 6.45) is 1.71. The standard InChI is InChI=1S/C32H37ClN2O4/c1-5-20(2)39-30-18-28-24(16-29(30)38-4)17-31(37)35(32(28)23-6-10-25(33)11-7-23)26-12-8-22(9-13-26)21(3)34-15-14-27(36)19-34/h6-13,16,18,20-21,27,32,36H,5,14-15,17,19H2,1-4H3/t20-,21?,27-,32?/m1/s1. The molecule has 0 bridgehead atoms. The number of benzene rings is 3. The lowest BCUT2D eigenvalue weighted by atomic mass is 9.86. The summed E-state index contributed by atoms with van der Waals surface area (Å²) in [6.45, 7) is 7.86. The first-order valence-electron chi connectivity index (χ1n) is 13.8. The number of ether oxygens (including phenoxy) is 2. The summed E-state index contributed by atoms with van der Waals surface area (Å²) in [5, 5.41) is 10.6. The highest BCUT2D eigenvalue weighted by Crippen LogP contribution is 2.44. The van der Waals surface area contributed by atoms with Crippen molar-refractivity contribution >= 4 is 23.2 Å². The molecule has 1 saturated heterocycles. The molecule has 7 heteroatoms. The summed E-state index contributed by atoms with van der Waals surface area (Å²) in [6, 6.07) is 19.8. The van der Waals surface area contributed by atoms with Crippen LogP contribution in [0.4, 0.5) is 5.69 Å². The molecule has 2 aliphatic heterocycles. The first-order chi connectivity index (χ1) is 18.8. The number of carbonyl (C=O) groups is 1. The van der Waals surface area contributed by atoms with Gasteiger partial charge < -0.3 is 19.5 Å². The highest BCUT2D eigenvalue weighted by Gasteiger charge is 2.36. The molecule has 0 radical (unpaired) electrons. The second-order valence-corrected chi connectivity index (χ2v) is 11.1. The number of aliphatic hydroxyl groups is 1. The van der Waals surface area contributed by atoms with Crippen LogP contribution in [0.5, 0.6) is 11.5 Å². The maximum Gasteiger partial charge on any atom is 0.232 e. The Hall–Kier alpha value is -3.06. The van der Waals surface area contributed by atoms with Gasteiger partial charge in [-0.25, -0.2) is 0 Å². The van der Waals surface area contributed by atoms with Gasteiger partial charge in [-0.15, -0.1) is 0 Å². The monoisotopic (exact) mass is 548 g/mol. The number of hydrogen-bond donors (Lipinski definition) is 1. The number of anilines is 1. The van der Waals surface area contributed by atoms with Crippen LogP contribution >= 0.6 is 11.6 Å². The molecule has 0 aromatic heterocycles. The lowest BCUT2D eigenvalue weighted by Crippen LogP contribution is -2.41. The zero-order chi connectivity index (χ0) is 27.7. The van der Waals surface area contributed by atoms with Gasteiger partial charge >= 0.3 is 0 Å². The van der Waals surface area contributed by atoms with Crippen LogP contribution in [0.25, 0.3) is 0 Å². The first-order valence-corrected chi connectivity index (χ1v) is 14.1. The molecular weight excluding hydrogens is 512 g/mol. The Kier molecular flexibility index (Phi) is 8.17. The number of likely N-dealkylation sites (tertiary alicyclic amines) is 1. The predicted molar refractivity (Wildman–Crippen MR) is 155 cm³/mol. The second-order valence-electron chi connectivity index (χ2n) is 10.6. The number of β-amino-alcohol motifs (C(OH)–C–C–N with tert-alkyl or cyclic N) is 1. The molecule has 2 aliphatic rings. The van der Waals surface area contributed by atoms with Gasteiger partial charge in [0.05, 0.1) is 31.8 Å². The summed E-state index contributed by atoms with van der Waals surface area (Å²) in [7, 11) is 1.63. The van der Waals surface area contributed by atoms with Crippen LogP contribution in [0.1, 0.15) is 68.0 Å². The Labute approximate surface area is 236 Å². The van der Waals surface area contributed by atoms with Gasteiger partial charge in [0.1, 0.15) is 0 Å². The number of rotatable bonds is 8. The molecule has 1 amide bonds. The van der Waals surface area contributed by atoms with Gasteiger partial charge in [0.25, 0.3) is 0 Å². The van der Waals surface area contributed by atoms with Gasteiger partial charge in [0.2, 0.25) is 5.91 Å². The minimum atomic E-state index is -0.347. The lowest BCUT2D eigenvalue weighted by Gasteiger charge is -2.38. The topological polar surface area (TPSA) is 62.2 Å². The van der Waals surface area contributed by atoms with Crippen LogP contribution in [0.15, 0.2) is 60.7 Å². The zero-order valence-corrected chi connectivity index (χ0v) is 23.8. The Bertz CT molecular complexity index is 1310. The summed E-state index contributed by atoms with van der Waals surface area (Å²) < 4.78 is 11.9. The highest BCUT2D eigenvalue weighted by atomic mass is 35.5. The maximum absolute atomic E-state index is 13.8. The molecule has 4 atom stereocenters. The van der Waals surface area contributed by atoms with Crippen molar-refractivity contribution in [3.05, 3.63) is 87.9 Å². The number of hydrogen-bond acceptors (Lipinski definition) is 5. The molecule has 1 N–H and O–H groups in total. The van der Waals surface area contributed by atoms with E-state index in [0.717, 1.165) is 47.3 Å². The van der Waals surface area contributed by atoms with Crippen molar-refractivity contribution in [3.8, 4) is 11.5 Å². The first kappa shape index (κ1) is 27.5. The Morgan fingerprint density at radius 3 is 2.38 bits per heavy atom. The molecule has 0 saturated carbocycles. The Balaban J connectivity index is 1.56. The molecule has 2 unspecified atom stereocenters. The Morgan fingerprint density at radius 2 is 1.77 bits per heavy atom. The molecule has 3 aromatic carbocycles. The average molecular weight is 549 g/mol. The van der Waals surface area contributed by atoms with Crippen molar-refractivity contribution in [2.24, 2.45) is 0 Å². The van der Waals surface area contributed by atoms with Crippen molar-refractivity contribution in [3.63, 3.8) is 0 Å². The van der Waals surface area contributed by atoms with E-state index in [-0.39, 0.29) is 36.6 Å². The van der Waals surface area contributed by atoms with Crippen LogP contribution in [0, 0.1) is 0 Å². The van der Waals surface area contributed by atoms with E-state index in [9.17, 15) is 9.90 Å². The van der Waals surface area contributed by atoms with Crippen LogP contribution in [0.3, 0.4) is 0 Å². The molecule has 206 valence electrons. The van der Waals surface area contributed by atoms with Crippen molar-refractivity contribution < 1.29 is 19.4 Å². The van der Waals surface area contributed by atoms with Crippen LogP contribution in [-0.4, -0.2) is 48.3 Å². The van der Waals surface area contributed by atoms with Gasteiger partial charge in [0, 0.05) is 29.8 Å². The highest BCUT2D eigenvalue weighted by molar-refractivity contribution is 6.30. The number of amides is 1. The van der Waals surface area contributed by atoms with Gasteiger partial charge in [-0.05, 0) is 85.3 Å². The van der Waals surface area contributed by atoms with E-state index in [1.165, 1.54) is 0 Å². The van der Waals surface area contributed by atoms with E-state index >= 15 is 0 Å². The number of fused-ring (bicyclic) bond motifs is 1. The molecule has 39 heavy (non-hydrogen) atoms. The van der Waals surface area contributed by atoms with Crippen LogP contribution < -0.4 is 14.4 Å². The third-order valence-electron chi connectivity index (χ3n) is 8.07. The quantitative estimate of drug-likeness (QED) is 0.356. The van der Waals surface area contributed by atoms with E-state index in [2.05, 4.69) is 30.9 Å². The number of methoxy groups -OCH3 is 1. The number of halogens is 1. The van der Waals surface area contributed by atoms with E-state index < -0.39 is 0 Å². The smallest absolute Gasteiger partial charge is 0.232 e. The average Bonchev–Trinajstić information content (AvgIpc) is 3.38. The van der Waals surface area contributed by atoms with E-state index in [1.807, 2.05) is 60.4 Å². The van der Waals surface area contributed by atoms with Crippen molar-refractivity contribution in [1.82, 2.24) is 4.90 Å². The molecule has 0 aliphatic carbocycles. The number of aliphatic hydroxyl groups excluding tert-OH is 1. The maximum atomic E-state index is 13.8. The number of nitrogens with zero attached hydrogens (tertiary/aromatic N) is 2. The summed E-state index contributed by atoms with van der Waals surface area (Å²) in [4.78, 5) is 18.0. The van der Waals surface area contributed by atoms with Crippen LogP contribution in [0.2, 0.25) is 5.02 Å². The second kappa shape index (κ2) is 11.6. The van der Waals surface area contributed by atoms with E-state index in [1.54, 1.807) is 7.11 Å². The fourth-order valence-corrected chi connectivity index (χ4v) is 5.75. The molecular formula is C32H37ClN2O4. The molecule has 6 nitrogen and oxygen atoms in total. The lowest BCUT2D eigenvalue weighted by molar-refractivity contribution is -0.118. The minimum absolute atomic E-state index is 0.0172. The van der Waals surface area contributed by atoms with E-state index in [4.69, 9.17) is 21.1 Å². The fourth-order valence-electron chi connectivity index (χ4n) is 5.62. The Morgan fingerprint density at radius 1 is 1.05 bits per heavy atom. The third kappa shape index (κ3) is 5.65. The summed E-state index contributed by atoms with van der Waals surface area (Å²) >= 11 is 6.24. The molecule has 2 heterocycles. The van der Waals surface area contributed by atoms with Gasteiger partial charge in [-0.1, -0.05) is 42.8 Å². The fraction of sp³-hybridized carbons (Fsp3) is 0.406. The third-order valence-corrected chi connectivity index (χ3v) is 8.33. The van der Waals surface area contributed by atoms with Crippen molar-refractivity contribution in [2.75, 3.05) is 25.1 Å². The van der Waals surface area contributed by atoms with Gasteiger partial charge in [0.15, 0.2) is 11.5 Å². The normalized spacial score (nSPS) is 21.0. The predicted octanol–water partition coefficient (Wildman–Crippen LogP) is 6.33. The van der Waals surface area contributed by atoms with Gasteiger partial charge in [-0.2, -0.15) is 0 Å². The largest absolute Gasteiger partial charge is 0.493 e.